The monoisotopic (exact) mass is 581 g/mol. The number of rotatable bonds is 9. The zero-order valence-electron chi connectivity index (χ0n) is 21.5. The molecule has 0 radical (unpaired) electrons. The molecule has 0 spiro atoms. The van der Waals surface area contributed by atoms with E-state index in [-0.39, 0.29) is 19.1 Å². The molecule has 0 amide bonds. The van der Waals surface area contributed by atoms with Crippen molar-refractivity contribution in [2.45, 2.75) is 38.0 Å². The minimum absolute atomic E-state index is 0.0559. The van der Waals surface area contributed by atoms with E-state index >= 15 is 0 Å². The molecular weight excluding hydrogens is 555 g/mol. The van der Waals surface area contributed by atoms with Gasteiger partial charge in [-0.1, -0.05) is 12.1 Å². The summed E-state index contributed by atoms with van der Waals surface area (Å²) in [5.41, 5.74) is 2.78. The second-order valence-electron chi connectivity index (χ2n) is 8.93. The van der Waals surface area contributed by atoms with E-state index in [0.29, 0.717) is 55.8 Å². The Bertz CT molecular complexity index is 1360. The quantitative estimate of drug-likeness (QED) is 0.336. The summed E-state index contributed by atoms with van der Waals surface area (Å²) < 4.78 is 59.2. The van der Waals surface area contributed by atoms with Crippen molar-refractivity contribution in [3.63, 3.8) is 0 Å². The molecule has 1 unspecified atom stereocenters. The summed E-state index contributed by atoms with van der Waals surface area (Å²) in [5, 5.41) is 23.8. The van der Waals surface area contributed by atoms with Crippen LogP contribution in [0.4, 0.5) is 19.0 Å². The topological polar surface area (TPSA) is 162 Å². The van der Waals surface area contributed by atoms with Crippen LogP contribution in [0.15, 0.2) is 40.9 Å². The molecule has 3 aromatic rings. The molecule has 0 saturated heterocycles. The molecule has 220 valence electrons. The number of aromatic nitrogens is 2. The van der Waals surface area contributed by atoms with E-state index in [0.717, 1.165) is 29.2 Å². The zero-order valence-corrected chi connectivity index (χ0v) is 21.5. The smallest absolute Gasteiger partial charge is 0.481 e. The van der Waals surface area contributed by atoms with Crippen molar-refractivity contribution in [3.8, 4) is 17.4 Å². The summed E-state index contributed by atoms with van der Waals surface area (Å²) in [6, 6.07) is 11.1. The molecule has 0 saturated carbocycles. The Kier molecular flexibility index (Phi) is 9.49. The van der Waals surface area contributed by atoms with Crippen molar-refractivity contribution in [3.05, 3.63) is 59.0 Å². The van der Waals surface area contributed by atoms with E-state index in [4.69, 9.17) is 33.4 Å². The Hall–Kier alpha value is -4.53. The highest BCUT2D eigenvalue weighted by Gasteiger charge is 2.38. The molecule has 2 aliphatic heterocycles. The van der Waals surface area contributed by atoms with Gasteiger partial charge >= 0.3 is 18.1 Å². The number of carboxylic acids is 2. The first-order chi connectivity index (χ1) is 19.6. The van der Waals surface area contributed by atoms with Gasteiger partial charge in [0.2, 0.25) is 6.79 Å². The number of fused-ring (bicyclic) bond motifs is 2. The van der Waals surface area contributed by atoms with Gasteiger partial charge in [0.1, 0.15) is 11.6 Å². The predicted octanol–water partition coefficient (Wildman–Crippen LogP) is 3.80. The Morgan fingerprint density at radius 2 is 1.88 bits per heavy atom. The fraction of sp³-hybridized carbons (Fsp3) is 0.385. The van der Waals surface area contributed by atoms with Gasteiger partial charge in [-0.2, -0.15) is 13.2 Å². The molecule has 0 bridgehead atoms. The number of halogens is 3. The van der Waals surface area contributed by atoms with Crippen LogP contribution in [0, 0.1) is 0 Å². The molecule has 0 aliphatic carbocycles. The van der Waals surface area contributed by atoms with Crippen LogP contribution in [0.3, 0.4) is 0 Å². The third-order valence-electron chi connectivity index (χ3n) is 5.96. The molecular formula is C26H26F3N3O9. The molecule has 2 aromatic heterocycles. The second-order valence-corrected chi connectivity index (χ2v) is 8.93. The van der Waals surface area contributed by atoms with Gasteiger partial charge in [0.25, 0.3) is 5.88 Å². The van der Waals surface area contributed by atoms with Gasteiger partial charge in [-0.25, -0.2) is 9.78 Å². The number of hydrogen-bond donors (Lipinski definition) is 3. The van der Waals surface area contributed by atoms with Crippen LogP contribution in [-0.2, 0) is 33.8 Å². The van der Waals surface area contributed by atoms with Crippen LogP contribution in [0.2, 0.25) is 0 Å². The number of nitrogens with one attached hydrogen (secondary N) is 1. The number of nitrogens with zero attached hydrogens (tertiary/aromatic N) is 2. The maximum absolute atomic E-state index is 11.5. The van der Waals surface area contributed by atoms with Crippen molar-refractivity contribution in [2.75, 3.05) is 31.9 Å². The standard InChI is InChI=1S/C24H25N3O7.C2HF3O2/c28-23(29)11-17(15-2-4-20-21(10-15)33-14-32-20)9-19-12-22(27-34-19)31-7-5-18-3-1-16-13-30-8-6-25-24(16)26-18;3-2(4,5)1(6)7/h1-4,10,12,17H,5-9,11,13-14H2,(H,25,26)(H,28,29);(H,6,7). The van der Waals surface area contributed by atoms with Gasteiger partial charge in [0, 0.05) is 42.6 Å². The lowest BCUT2D eigenvalue weighted by Gasteiger charge is -2.14. The number of alkyl halides is 3. The first-order valence-corrected chi connectivity index (χ1v) is 12.4. The molecule has 15 heteroatoms. The lowest BCUT2D eigenvalue weighted by molar-refractivity contribution is -0.192. The summed E-state index contributed by atoms with van der Waals surface area (Å²) in [6.45, 7) is 2.50. The van der Waals surface area contributed by atoms with E-state index in [1.807, 2.05) is 24.3 Å². The maximum Gasteiger partial charge on any atom is 0.490 e. The summed E-state index contributed by atoms with van der Waals surface area (Å²) >= 11 is 0. The van der Waals surface area contributed by atoms with E-state index in [1.165, 1.54) is 0 Å². The Morgan fingerprint density at radius 3 is 2.63 bits per heavy atom. The summed E-state index contributed by atoms with van der Waals surface area (Å²) in [5.74, 6) is -0.938. The number of aliphatic carboxylic acids is 2. The SMILES string of the molecule is O=C(O)C(F)(F)F.O=C(O)CC(Cc1cc(OCCc2ccc3c(n2)NCCOC3)no1)c1ccc2c(c1)OCO2. The minimum Gasteiger partial charge on any atom is -0.481 e. The van der Waals surface area contributed by atoms with E-state index in [2.05, 4.69) is 15.5 Å². The first kappa shape index (κ1) is 29.5. The molecule has 3 N–H and O–H groups in total. The number of benzene rings is 1. The maximum atomic E-state index is 11.5. The highest BCUT2D eigenvalue weighted by atomic mass is 19.4. The second kappa shape index (κ2) is 13.2. The van der Waals surface area contributed by atoms with Gasteiger partial charge in [0.15, 0.2) is 11.5 Å². The van der Waals surface area contributed by atoms with E-state index in [9.17, 15) is 23.1 Å². The van der Waals surface area contributed by atoms with Crippen LogP contribution in [0.25, 0.3) is 0 Å². The summed E-state index contributed by atoms with van der Waals surface area (Å²) in [4.78, 5) is 25.0. The number of pyridine rings is 1. The number of hydrogen-bond acceptors (Lipinski definition) is 10. The molecule has 0 fully saturated rings. The van der Waals surface area contributed by atoms with Crippen molar-refractivity contribution >= 4 is 17.8 Å². The van der Waals surface area contributed by atoms with Crippen molar-refractivity contribution in [2.24, 2.45) is 0 Å². The largest absolute Gasteiger partial charge is 0.490 e. The fourth-order valence-electron chi connectivity index (χ4n) is 4.01. The Labute approximate surface area is 231 Å². The third-order valence-corrected chi connectivity index (χ3v) is 5.96. The van der Waals surface area contributed by atoms with Crippen molar-refractivity contribution in [1.29, 1.82) is 0 Å². The highest BCUT2D eigenvalue weighted by Crippen LogP contribution is 2.36. The normalized spacial score (nSPS) is 14.5. The van der Waals surface area contributed by atoms with Crippen LogP contribution in [0.5, 0.6) is 17.4 Å². The van der Waals surface area contributed by atoms with E-state index < -0.39 is 18.1 Å². The number of anilines is 1. The Morgan fingerprint density at radius 1 is 1.10 bits per heavy atom. The number of carbonyl (C=O) groups is 2. The average molecular weight is 582 g/mol. The van der Waals surface area contributed by atoms with Gasteiger partial charge in [-0.3, -0.25) is 4.79 Å². The van der Waals surface area contributed by atoms with Crippen LogP contribution in [-0.4, -0.2) is 65.0 Å². The lowest BCUT2D eigenvalue weighted by Crippen LogP contribution is -2.21. The number of ether oxygens (including phenoxy) is 4. The lowest BCUT2D eigenvalue weighted by atomic mass is 9.91. The highest BCUT2D eigenvalue weighted by molar-refractivity contribution is 5.73. The van der Waals surface area contributed by atoms with Gasteiger partial charge in [0.05, 0.1) is 26.2 Å². The molecule has 1 atom stereocenters. The molecule has 12 nitrogen and oxygen atoms in total. The minimum atomic E-state index is -5.08. The molecule has 2 aliphatic rings. The summed E-state index contributed by atoms with van der Waals surface area (Å²) in [7, 11) is 0. The van der Waals surface area contributed by atoms with Crippen LogP contribution < -0.4 is 19.5 Å². The molecule has 41 heavy (non-hydrogen) atoms. The molecule has 1 aromatic carbocycles. The summed E-state index contributed by atoms with van der Waals surface area (Å²) in [6.07, 6.45) is -4.17. The van der Waals surface area contributed by atoms with Gasteiger partial charge in [-0.15, -0.1) is 0 Å². The number of carboxylic acid groups (broad SMARTS) is 2. The molecule has 5 rings (SSSR count). The predicted molar refractivity (Wildman–Crippen MR) is 133 cm³/mol. The zero-order chi connectivity index (χ0) is 29.4. The van der Waals surface area contributed by atoms with Crippen molar-refractivity contribution in [1.82, 2.24) is 10.1 Å². The van der Waals surface area contributed by atoms with E-state index in [1.54, 1.807) is 12.1 Å². The average Bonchev–Trinajstić information content (AvgIpc) is 3.51. The third kappa shape index (κ3) is 8.48. The Balaban J connectivity index is 0.000000493. The molecule has 4 heterocycles. The fourth-order valence-corrected chi connectivity index (χ4v) is 4.01. The van der Waals surface area contributed by atoms with Crippen LogP contribution >= 0.6 is 0 Å². The van der Waals surface area contributed by atoms with Gasteiger partial charge in [-0.05, 0) is 28.9 Å². The van der Waals surface area contributed by atoms with Crippen molar-refractivity contribution < 1.29 is 56.4 Å². The van der Waals surface area contributed by atoms with Gasteiger partial charge < -0.3 is 39.0 Å². The first-order valence-electron chi connectivity index (χ1n) is 12.4. The van der Waals surface area contributed by atoms with Crippen LogP contribution in [0.1, 0.15) is 34.9 Å².